The summed E-state index contributed by atoms with van der Waals surface area (Å²) in [5.74, 6) is 6.33. The molecule has 2 atom stereocenters. The molecule has 0 amide bonds. The van der Waals surface area contributed by atoms with Crippen molar-refractivity contribution >= 4 is 11.1 Å². The van der Waals surface area contributed by atoms with E-state index in [0.717, 1.165) is 35.5 Å². The van der Waals surface area contributed by atoms with E-state index in [1.165, 1.54) is 135 Å². The van der Waals surface area contributed by atoms with Gasteiger partial charge in [0.05, 0.1) is 0 Å². The summed E-state index contributed by atoms with van der Waals surface area (Å²) >= 11 is 0. The molecular weight excluding hydrogens is 540 g/mol. The summed E-state index contributed by atoms with van der Waals surface area (Å²) in [5, 5.41) is 0. The molecule has 0 aromatic heterocycles. The standard InChI is InChI=1S/C45H60/c1-5-17-32(18-6-1)44(33-19-7-2-8-20-33)42-30-36(38-25-13-15-27-40(38)42)29-37-31-43(41-28-16-14-26-39(37)41)45(34-21-9-3-10-22-34)35-23-11-4-12-24-35/h13-16,25-28,30-37,44-45H,1-12,17-24,29H2. The number of hydrogen-bond acceptors (Lipinski definition) is 0. The number of rotatable bonds is 8. The summed E-state index contributed by atoms with van der Waals surface area (Å²) in [4.78, 5) is 0. The lowest BCUT2D eigenvalue weighted by Crippen LogP contribution is -2.28. The van der Waals surface area contributed by atoms with E-state index in [1.54, 1.807) is 33.4 Å². The van der Waals surface area contributed by atoms with Gasteiger partial charge in [0.15, 0.2) is 0 Å². The smallest absolute Gasteiger partial charge is 0.00389 e. The van der Waals surface area contributed by atoms with Crippen molar-refractivity contribution in [1.29, 1.82) is 0 Å². The monoisotopic (exact) mass is 600 g/mol. The maximum atomic E-state index is 2.85. The van der Waals surface area contributed by atoms with Crippen molar-refractivity contribution in [2.24, 2.45) is 35.5 Å². The van der Waals surface area contributed by atoms with Crippen LogP contribution in [0.15, 0.2) is 60.7 Å². The van der Waals surface area contributed by atoms with Gasteiger partial charge < -0.3 is 0 Å². The summed E-state index contributed by atoms with van der Waals surface area (Å²) in [6.45, 7) is 0. The van der Waals surface area contributed by atoms with Crippen LogP contribution in [-0.2, 0) is 0 Å². The van der Waals surface area contributed by atoms with Crippen molar-refractivity contribution in [3.8, 4) is 0 Å². The lowest BCUT2D eigenvalue weighted by atomic mass is 9.66. The van der Waals surface area contributed by atoms with Gasteiger partial charge >= 0.3 is 0 Å². The molecule has 2 aromatic carbocycles. The van der Waals surface area contributed by atoms with E-state index in [9.17, 15) is 0 Å². The number of benzene rings is 2. The Morgan fingerprint density at radius 3 is 1.04 bits per heavy atom. The van der Waals surface area contributed by atoms with Crippen molar-refractivity contribution in [2.75, 3.05) is 0 Å². The first kappa shape index (κ1) is 30.3. The zero-order valence-corrected chi connectivity index (χ0v) is 28.2. The lowest BCUT2D eigenvalue weighted by molar-refractivity contribution is 0.189. The van der Waals surface area contributed by atoms with E-state index in [0.29, 0.717) is 11.8 Å². The summed E-state index contributed by atoms with van der Waals surface area (Å²) in [7, 11) is 0. The first-order valence-electron chi connectivity index (χ1n) is 20.0. The van der Waals surface area contributed by atoms with Gasteiger partial charge in [-0.1, -0.05) is 138 Å². The molecule has 2 aromatic rings. The van der Waals surface area contributed by atoms with Crippen LogP contribution >= 0.6 is 0 Å². The van der Waals surface area contributed by atoms with Crippen LogP contribution in [-0.4, -0.2) is 0 Å². The molecule has 4 fully saturated rings. The van der Waals surface area contributed by atoms with Crippen molar-refractivity contribution in [3.05, 3.63) is 82.9 Å². The van der Waals surface area contributed by atoms with Crippen LogP contribution in [0.3, 0.4) is 0 Å². The van der Waals surface area contributed by atoms with Gasteiger partial charge in [0.1, 0.15) is 0 Å². The highest BCUT2D eigenvalue weighted by Gasteiger charge is 2.41. The second-order valence-corrected chi connectivity index (χ2v) is 16.5. The van der Waals surface area contributed by atoms with Crippen LogP contribution in [0.4, 0.5) is 0 Å². The van der Waals surface area contributed by atoms with Gasteiger partial charge in [-0.05, 0) is 127 Å². The minimum atomic E-state index is 0.558. The van der Waals surface area contributed by atoms with Crippen molar-refractivity contribution < 1.29 is 0 Å². The molecule has 0 saturated heterocycles. The van der Waals surface area contributed by atoms with Crippen molar-refractivity contribution in [1.82, 2.24) is 0 Å². The highest BCUT2D eigenvalue weighted by molar-refractivity contribution is 5.79. The van der Waals surface area contributed by atoms with Gasteiger partial charge in [0, 0.05) is 11.8 Å². The van der Waals surface area contributed by atoms with Crippen LogP contribution in [0, 0.1) is 35.5 Å². The zero-order valence-electron chi connectivity index (χ0n) is 28.2. The third-order valence-corrected chi connectivity index (χ3v) is 14.0. The van der Waals surface area contributed by atoms with E-state index < -0.39 is 0 Å². The predicted molar refractivity (Wildman–Crippen MR) is 192 cm³/mol. The minimum Gasteiger partial charge on any atom is -0.0728 e. The van der Waals surface area contributed by atoms with Crippen molar-refractivity contribution in [3.63, 3.8) is 0 Å². The van der Waals surface area contributed by atoms with Gasteiger partial charge in [-0.25, -0.2) is 0 Å². The van der Waals surface area contributed by atoms with Crippen LogP contribution in [0.2, 0.25) is 0 Å². The molecule has 0 bridgehead atoms. The first-order valence-corrected chi connectivity index (χ1v) is 20.0. The van der Waals surface area contributed by atoms with Gasteiger partial charge in [-0.3, -0.25) is 0 Å². The van der Waals surface area contributed by atoms with Crippen molar-refractivity contribution in [2.45, 2.75) is 147 Å². The molecule has 0 spiro atoms. The summed E-state index contributed by atoms with van der Waals surface area (Å²) < 4.78 is 0. The van der Waals surface area contributed by atoms with Crippen LogP contribution < -0.4 is 0 Å². The Morgan fingerprint density at radius 2 is 0.711 bits per heavy atom. The topological polar surface area (TPSA) is 0 Å². The third kappa shape index (κ3) is 6.19. The maximum Gasteiger partial charge on any atom is 0.00389 e. The molecule has 2 unspecified atom stereocenters. The molecule has 8 rings (SSSR count). The first-order chi connectivity index (χ1) is 22.3. The lowest BCUT2D eigenvalue weighted by Gasteiger charge is -2.39. The molecule has 240 valence electrons. The molecule has 0 radical (unpaired) electrons. The molecule has 6 aliphatic carbocycles. The molecule has 0 heterocycles. The Balaban J connectivity index is 1.13. The Labute approximate surface area is 275 Å². The molecule has 45 heavy (non-hydrogen) atoms. The predicted octanol–water partition coefficient (Wildman–Crippen LogP) is 13.3. The normalized spacial score (nSPS) is 27.1. The van der Waals surface area contributed by atoms with Gasteiger partial charge in [-0.15, -0.1) is 0 Å². The second kappa shape index (κ2) is 14.0. The van der Waals surface area contributed by atoms with Crippen LogP contribution in [0.25, 0.3) is 11.1 Å². The largest absolute Gasteiger partial charge is 0.0728 e. The van der Waals surface area contributed by atoms with E-state index in [2.05, 4.69) is 60.7 Å². The van der Waals surface area contributed by atoms with Gasteiger partial charge in [0.2, 0.25) is 0 Å². The summed E-state index contributed by atoms with van der Waals surface area (Å²) in [6, 6.07) is 19.4. The number of hydrogen-bond donors (Lipinski definition) is 0. The molecular formula is C45H60. The molecule has 6 aliphatic rings. The average Bonchev–Trinajstić information content (AvgIpc) is 3.65. The van der Waals surface area contributed by atoms with Crippen LogP contribution in [0.5, 0.6) is 0 Å². The summed E-state index contributed by atoms with van der Waals surface area (Å²) in [5.41, 5.74) is 10.2. The van der Waals surface area contributed by atoms with Gasteiger partial charge in [-0.2, -0.15) is 0 Å². The fourth-order valence-corrected chi connectivity index (χ4v) is 12.0. The van der Waals surface area contributed by atoms with E-state index in [-0.39, 0.29) is 0 Å². The fraction of sp³-hybridized carbons (Fsp3) is 0.644. The molecule has 0 heteroatoms. The minimum absolute atomic E-state index is 0.558. The molecule has 0 N–H and O–H groups in total. The molecule has 0 nitrogen and oxygen atoms in total. The number of allylic oxidation sites excluding steroid dienone is 4. The summed E-state index contributed by atoms with van der Waals surface area (Å²) in [6.07, 6.45) is 36.3. The maximum absolute atomic E-state index is 2.85. The highest BCUT2D eigenvalue weighted by Crippen LogP contribution is 2.55. The average molecular weight is 601 g/mol. The third-order valence-electron chi connectivity index (χ3n) is 14.0. The SMILES string of the molecule is C1=C(C(C2CCCCC2)C2CCCCC2)c2ccccc2C1CC1C=C(C(C2CCCCC2)C2CCCCC2)c2ccccc21. The molecule has 0 aliphatic heterocycles. The number of fused-ring (bicyclic) bond motifs is 2. The zero-order chi connectivity index (χ0) is 30.0. The van der Waals surface area contributed by atoms with Crippen LogP contribution in [0.1, 0.15) is 169 Å². The van der Waals surface area contributed by atoms with Gasteiger partial charge in [0.25, 0.3) is 0 Å². The van der Waals surface area contributed by atoms with E-state index in [1.807, 2.05) is 0 Å². The van der Waals surface area contributed by atoms with E-state index in [4.69, 9.17) is 0 Å². The Morgan fingerprint density at radius 1 is 0.400 bits per heavy atom. The highest BCUT2D eigenvalue weighted by atomic mass is 14.5. The fourth-order valence-electron chi connectivity index (χ4n) is 12.0. The second-order valence-electron chi connectivity index (χ2n) is 16.5. The molecule has 4 saturated carbocycles. The van der Waals surface area contributed by atoms with E-state index >= 15 is 0 Å². The Kier molecular flexibility index (Phi) is 9.39. The Bertz CT molecular complexity index is 1190. The quantitative estimate of drug-likeness (QED) is 0.283. The Hall–Kier alpha value is -2.08.